The summed E-state index contributed by atoms with van der Waals surface area (Å²) in [6, 6.07) is 9.64. The monoisotopic (exact) mass is 307 g/mol. The molecule has 0 radical (unpaired) electrons. The zero-order valence-electron chi connectivity index (χ0n) is 11.9. The average molecular weight is 307 g/mol. The molecule has 5 nitrogen and oxygen atoms in total. The molecule has 0 aliphatic carbocycles. The van der Waals surface area contributed by atoms with Crippen molar-refractivity contribution < 1.29 is 18.3 Å². The van der Waals surface area contributed by atoms with Gasteiger partial charge in [0, 0.05) is 6.26 Å². The van der Waals surface area contributed by atoms with E-state index in [-0.39, 0.29) is 4.90 Å². The zero-order valence-corrected chi connectivity index (χ0v) is 12.7. The molecule has 21 heavy (non-hydrogen) atoms. The van der Waals surface area contributed by atoms with Gasteiger partial charge in [-0.3, -0.25) is 4.98 Å². The number of aliphatic hydroxyl groups excluding tert-OH is 1. The first kappa shape index (κ1) is 15.5. The maximum Gasteiger partial charge on any atom is 0.175 e. The third-order valence-corrected chi connectivity index (χ3v) is 4.07. The fraction of sp³-hybridized carbons (Fsp3) is 0.267. The van der Waals surface area contributed by atoms with E-state index in [1.807, 2.05) is 6.92 Å². The quantitative estimate of drug-likeness (QED) is 0.919. The number of aromatic nitrogens is 1. The smallest absolute Gasteiger partial charge is 0.175 e. The highest BCUT2D eigenvalue weighted by Crippen LogP contribution is 2.24. The molecule has 2 aromatic rings. The molecule has 0 spiro atoms. The Morgan fingerprint density at radius 2 is 2.00 bits per heavy atom. The van der Waals surface area contributed by atoms with Crippen molar-refractivity contribution in [1.82, 2.24) is 4.98 Å². The van der Waals surface area contributed by atoms with E-state index in [1.165, 1.54) is 18.3 Å². The summed E-state index contributed by atoms with van der Waals surface area (Å²) in [6.45, 7) is 1.87. The fourth-order valence-electron chi connectivity index (χ4n) is 1.76. The number of hydrogen-bond acceptors (Lipinski definition) is 5. The van der Waals surface area contributed by atoms with Gasteiger partial charge in [-0.15, -0.1) is 0 Å². The summed E-state index contributed by atoms with van der Waals surface area (Å²) < 4.78 is 28.6. The first-order valence-corrected chi connectivity index (χ1v) is 8.41. The van der Waals surface area contributed by atoms with Crippen LogP contribution >= 0.6 is 0 Å². The molecule has 1 N–H and O–H groups in total. The minimum atomic E-state index is -3.27. The Hall–Kier alpha value is -1.92. The van der Waals surface area contributed by atoms with E-state index in [2.05, 4.69) is 4.98 Å². The Bertz CT molecular complexity index is 711. The molecule has 1 unspecified atom stereocenters. The standard InChI is InChI=1S/C15H17NO4S/c1-3-15(17)14-8-7-12(10-16-14)20-11-5-4-6-13(9-11)21(2,18)19/h4-10,15,17H,3H2,1-2H3. The van der Waals surface area contributed by atoms with Crippen molar-refractivity contribution in [3.63, 3.8) is 0 Å². The minimum absolute atomic E-state index is 0.200. The first-order chi connectivity index (χ1) is 9.90. The molecule has 0 bridgehead atoms. The predicted octanol–water partition coefficient (Wildman–Crippen LogP) is 2.72. The molecular weight excluding hydrogens is 290 g/mol. The number of benzene rings is 1. The lowest BCUT2D eigenvalue weighted by Crippen LogP contribution is -1.99. The van der Waals surface area contributed by atoms with Crippen LogP contribution in [0.2, 0.25) is 0 Å². The third kappa shape index (κ3) is 4.03. The number of aliphatic hydroxyl groups is 1. The van der Waals surface area contributed by atoms with Crippen LogP contribution in [0.15, 0.2) is 47.5 Å². The van der Waals surface area contributed by atoms with Crippen LogP contribution in [0.5, 0.6) is 11.5 Å². The predicted molar refractivity (Wildman–Crippen MR) is 79.1 cm³/mol. The van der Waals surface area contributed by atoms with E-state index in [1.54, 1.807) is 24.3 Å². The van der Waals surface area contributed by atoms with Crippen molar-refractivity contribution >= 4 is 9.84 Å². The normalized spacial score (nSPS) is 12.9. The van der Waals surface area contributed by atoms with Gasteiger partial charge in [-0.1, -0.05) is 13.0 Å². The molecule has 1 aromatic heterocycles. The summed E-state index contributed by atoms with van der Waals surface area (Å²) in [7, 11) is -3.27. The lowest BCUT2D eigenvalue weighted by Gasteiger charge is -2.09. The Morgan fingerprint density at radius 1 is 1.24 bits per heavy atom. The van der Waals surface area contributed by atoms with Gasteiger partial charge >= 0.3 is 0 Å². The van der Waals surface area contributed by atoms with E-state index >= 15 is 0 Å². The van der Waals surface area contributed by atoms with Crippen LogP contribution in [0, 0.1) is 0 Å². The van der Waals surface area contributed by atoms with Crippen molar-refractivity contribution in [3.05, 3.63) is 48.3 Å². The van der Waals surface area contributed by atoms with E-state index in [0.29, 0.717) is 23.6 Å². The summed E-state index contributed by atoms with van der Waals surface area (Å²) in [5.74, 6) is 0.899. The van der Waals surface area contributed by atoms with Crippen molar-refractivity contribution in [2.24, 2.45) is 0 Å². The zero-order chi connectivity index (χ0) is 15.5. The van der Waals surface area contributed by atoms with Gasteiger partial charge in [0.25, 0.3) is 0 Å². The van der Waals surface area contributed by atoms with Crippen LogP contribution < -0.4 is 4.74 Å². The fourth-order valence-corrected chi connectivity index (χ4v) is 2.42. The van der Waals surface area contributed by atoms with Crippen molar-refractivity contribution in [2.45, 2.75) is 24.3 Å². The molecule has 0 saturated heterocycles. The second kappa shape index (κ2) is 6.24. The highest BCUT2D eigenvalue weighted by atomic mass is 32.2. The number of nitrogens with zero attached hydrogens (tertiary/aromatic N) is 1. The molecule has 2 rings (SSSR count). The largest absolute Gasteiger partial charge is 0.456 e. The van der Waals surface area contributed by atoms with E-state index < -0.39 is 15.9 Å². The van der Waals surface area contributed by atoms with Crippen LogP contribution in [0.25, 0.3) is 0 Å². The van der Waals surface area contributed by atoms with Gasteiger partial charge in [-0.05, 0) is 36.8 Å². The lowest BCUT2D eigenvalue weighted by atomic mass is 10.2. The van der Waals surface area contributed by atoms with Gasteiger partial charge in [0.15, 0.2) is 9.84 Å². The summed E-state index contributed by atoms with van der Waals surface area (Å²) >= 11 is 0. The molecule has 6 heteroatoms. The van der Waals surface area contributed by atoms with Gasteiger partial charge in [0.05, 0.1) is 22.9 Å². The second-order valence-electron chi connectivity index (χ2n) is 4.69. The lowest BCUT2D eigenvalue weighted by molar-refractivity contribution is 0.169. The first-order valence-electron chi connectivity index (χ1n) is 6.52. The third-order valence-electron chi connectivity index (χ3n) is 2.96. The summed E-state index contributed by atoms with van der Waals surface area (Å²) in [5.41, 5.74) is 0.578. The number of hydrogen-bond donors (Lipinski definition) is 1. The van der Waals surface area contributed by atoms with E-state index in [4.69, 9.17) is 4.74 Å². The molecule has 1 heterocycles. The molecule has 1 aromatic carbocycles. The van der Waals surface area contributed by atoms with Crippen molar-refractivity contribution in [1.29, 1.82) is 0 Å². The van der Waals surface area contributed by atoms with Gasteiger partial charge in [0.1, 0.15) is 11.5 Å². The molecule has 0 aliphatic heterocycles. The molecule has 0 fully saturated rings. The minimum Gasteiger partial charge on any atom is -0.456 e. The topological polar surface area (TPSA) is 76.5 Å². The number of sulfone groups is 1. The van der Waals surface area contributed by atoms with Crippen LogP contribution in [0.1, 0.15) is 25.1 Å². The van der Waals surface area contributed by atoms with Gasteiger partial charge in [-0.2, -0.15) is 0 Å². The SMILES string of the molecule is CCC(O)c1ccc(Oc2cccc(S(C)(=O)=O)c2)cn1. The van der Waals surface area contributed by atoms with E-state index in [0.717, 1.165) is 6.26 Å². The maximum absolute atomic E-state index is 11.5. The number of rotatable bonds is 5. The van der Waals surface area contributed by atoms with Crippen LogP contribution in [-0.4, -0.2) is 24.8 Å². The van der Waals surface area contributed by atoms with Gasteiger partial charge in [-0.25, -0.2) is 8.42 Å². The van der Waals surface area contributed by atoms with E-state index in [9.17, 15) is 13.5 Å². The summed E-state index contributed by atoms with van der Waals surface area (Å²) in [4.78, 5) is 4.32. The molecular formula is C15H17NO4S. The van der Waals surface area contributed by atoms with Gasteiger partial charge in [0.2, 0.25) is 0 Å². The summed E-state index contributed by atoms with van der Waals surface area (Å²) in [5, 5.41) is 9.67. The average Bonchev–Trinajstić information content (AvgIpc) is 2.47. The Morgan fingerprint density at radius 3 is 2.57 bits per heavy atom. The van der Waals surface area contributed by atoms with Crippen molar-refractivity contribution in [2.75, 3.05) is 6.26 Å². The summed E-state index contributed by atoms with van der Waals surface area (Å²) in [6.07, 6.45) is 2.65. The highest BCUT2D eigenvalue weighted by molar-refractivity contribution is 7.90. The number of ether oxygens (including phenoxy) is 1. The Balaban J connectivity index is 2.19. The maximum atomic E-state index is 11.5. The highest BCUT2D eigenvalue weighted by Gasteiger charge is 2.09. The molecule has 0 amide bonds. The Labute approximate surface area is 124 Å². The molecule has 0 aliphatic rings. The number of pyridine rings is 1. The van der Waals surface area contributed by atoms with Crippen LogP contribution in [0.3, 0.4) is 0 Å². The van der Waals surface area contributed by atoms with Crippen LogP contribution in [-0.2, 0) is 9.84 Å². The molecule has 0 saturated carbocycles. The van der Waals surface area contributed by atoms with Crippen molar-refractivity contribution in [3.8, 4) is 11.5 Å². The van der Waals surface area contributed by atoms with Gasteiger partial charge < -0.3 is 9.84 Å². The van der Waals surface area contributed by atoms with Crippen LogP contribution in [0.4, 0.5) is 0 Å². The second-order valence-corrected chi connectivity index (χ2v) is 6.71. The molecule has 1 atom stereocenters. The molecule has 112 valence electrons. The Kier molecular flexibility index (Phi) is 4.59.